The second-order valence-electron chi connectivity index (χ2n) is 3.30. The van der Waals surface area contributed by atoms with Gasteiger partial charge in [0, 0.05) is 25.5 Å². The molecule has 0 unspecified atom stereocenters. The van der Waals surface area contributed by atoms with Gasteiger partial charge in [0.2, 0.25) is 5.65 Å². The number of nitrogens with two attached hydrogens (primary N) is 1. The Kier molecular flexibility index (Phi) is 3.11. The van der Waals surface area contributed by atoms with Gasteiger partial charge in [0.1, 0.15) is 5.82 Å². The Morgan fingerprint density at radius 3 is 3.12 bits per heavy atom. The van der Waals surface area contributed by atoms with Crippen LogP contribution in [0.5, 0.6) is 0 Å². The molecular weight excluding hydrogens is 204 g/mol. The summed E-state index contributed by atoms with van der Waals surface area (Å²) in [6.45, 7) is 3.12. The molecule has 2 aromatic heterocycles. The molecule has 0 aliphatic heterocycles. The molecule has 0 bridgehead atoms. The Labute approximate surface area is 93.2 Å². The molecule has 16 heavy (non-hydrogen) atoms. The summed E-state index contributed by atoms with van der Waals surface area (Å²) in [5, 5.41) is 11.2. The summed E-state index contributed by atoms with van der Waals surface area (Å²) in [6, 6.07) is 0. The van der Waals surface area contributed by atoms with Crippen molar-refractivity contribution in [2.75, 3.05) is 18.4 Å². The van der Waals surface area contributed by atoms with Crippen LogP contribution in [0.3, 0.4) is 0 Å². The lowest BCUT2D eigenvalue weighted by atomic mass is 10.4. The number of hydrogen-bond acceptors (Lipinski definition) is 5. The van der Waals surface area contributed by atoms with Gasteiger partial charge in [-0.3, -0.25) is 4.40 Å². The lowest BCUT2D eigenvalue weighted by Crippen LogP contribution is -2.04. The highest BCUT2D eigenvalue weighted by Crippen LogP contribution is 2.11. The summed E-state index contributed by atoms with van der Waals surface area (Å²) in [4.78, 5) is 4.22. The van der Waals surface area contributed by atoms with Crippen molar-refractivity contribution in [2.24, 2.45) is 5.73 Å². The molecule has 2 heterocycles. The zero-order chi connectivity index (χ0) is 11.4. The number of aromatic nitrogens is 4. The van der Waals surface area contributed by atoms with E-state index in [1.165, 1.54) is 0 Å². The largest absolute Gasteiger partial charge is 0.363 e. The number of nitrogens with zero attached hydrogens (tertiary/aromatic N) is 4. The lowest BCUT2D eigenvalue weighted by Gasteiger charge is -2.03. The van der Waals surface area contributed by atoms with Crippen LogP contribution in [-0.2, 0) is 0 Å². The quantitative estimate of drug-likeness (QED) is 0.724. The number of hydrogen-bond donors (Lipinski definition) is 2. The molecule has 6 nitrogen and oxygen atoms in total. The van der Waals surface area contributed by atoms with Crippen molar-refractivity contribution in [3.63, 3.8) is 0 Å². The van der Waals surface area contributed by atoms with Gasteiger partial charge >= 0.3 is 0 Å². The summed E-state index contributed by atoms with van der Waals surface area (Å²) in [7, 11) is 0. The van der Waals surface area contributed by atoms with E-state index in [0.717, 1.165) is 17.3 Å². The first-order valence-corrected chi connectivity index (χ1v) is 5.08. The van der Waals surface area contributed by atoms with Crippen molar-refractivity contribution in [1.29, 1.82) is 0 Å². The predicted octanol–water partition coefficient (Wildman–Crippen LogP) is 0.360. The molecular formula is C10H14N6. The maximum Gasteiger partial charge on any atom is 0.203 e. The molecule has 0 amide bonds. The molecule has 0 aromatic carbocycles. The Morgan fingerprint density at radius 2 is 2.31 bits per heavy atom. The van der Waals surface area contributed by atoms with Crippen LogP contribution < -0.4 is 11.1 Å². The van der Waals surface area contributed by atoms with Gasteiger partial charge in [-0.25, -0.2) is 4.98 Å². The summed E-state index contributed by atoms with van der Waals surface area (Å²) in [6.07, 6.45) is 7.40. The van der Waals surface area contributed by atoms with Gasteiger partial charge in [-0.15, -0.1) is 10.2 Å². The lowest BCUT2D eigenvalue weighted by molar-refractivity contribution is 1.00. The van der Waals surface area contributed by atoms with Gasteiger partial charge in [0.25, 0.3) is 0 Å². The van der Waals surface area contributed by atoms with Crippen molar-refractivity contribution < 1.29 is 0 Å². The van der Waals surface area contributed by atoms with E-state index in [-0.39, 0.29) is 0 Å². The Bertz CT molecular complexity index is 501. The normalized spacial score (nSPS) is 11.4. The molecule has 0 atom stereocenters. The average Bonchev–Trinajstić information content (AvgIpc) is 2.68. The summed E-state index contributed by atoms with van der Waals surface area (Å²) < 4.78 is 1.89. The first-order valence-electron chi connectivity index (χ1n) is 5.08. The van der Waals surface area contributed by atoms with Gasteiger partial charge in [-0.05, 0) is 6.92 Å². The third kappa shape index (κ3) is 2.01. The Balaban J connectivity index is 2.20. The average molecular weight is 218 g/mol. The van der Waals surface area contributed by atoms with E-state index in [0.29, 0.717) is 13.1 Å². The van der Waals surface area contributed by atoms with Crippen LogP contribution in [0, 0.1) is 6.92 Å². The van der Waals surface area contributed by atoms with Gasteiger partial charge in [0.15, 0.2) is 5.82 Å². The molecule has 0 aliphatic carbocycles. The molecule has 0 radical (unpaired) electrons. The van der Waals surface area contributed by atoms with Crippen LogP contribution in [0.2, 0.25) is 0 Å². The van der Waals surface area contributed by atoms with Crippen LogP contribution in [-0.4, -0.2) is 32.7 Å². The first kappa shape index (κ1) is 10.6. The van der Waals surface area contributed by atoms with E-state index in [1.54, 1.807) is 6.20 Å². The minimum Gasteiger partial charge on any atom is -0.363 e. The maximum absolute atomic E-state index is 5.35. The van der Waals surface area contributed by atoms with Crippen molar-refractivity contribution >= 4 is 11.5 Å². The number of rotatable bonds is 4. The highest BCUT2D eigenvalue weighted by atomic mass is 15.3. The van der Waals surface area contributed by atoms with Gasteiger partial charge in [0.05, 0.1) is 0 Å². The zero-order valence-corrected chi connectivity index (χ0v) is 9.09. The number of nitrogens with one attached hydrogen (secondary N) is 1. The zero-order valence-electron chi connectivity index (χ0n) is 9.09. The molecule has 0 saturated heterocycles. The van der Waals surface area contributed by atoms with Gasteiger partial charge in [-0.1, -0.05) is 12.2 Å². The van der Waals surface area contributed by atoms with E-state index in [9.17, 15) is 0 Å². The highest BCUT2D eigenvalue weighted by molar-refractivity contribution is 5.62. The highest BCUT2D eigenvalue weighted by Gasteiger charge is 2.05. The third-order valence-electron chi connectivity index (χ3n) is 2.19. The fourth-order valence-electron chi connectivity index (χ4n) is 1.40. The van der Waals surface area contributed by atoms with Crippen molar-refractivity contribution in [1.82, 2.24) is 19.6 Å². The van der Waals surface area contributed by atoms with E-state index in [1.807, 2.05) is 29.7 Å². The van der Waals surface area contributed by atoms with Crippen molar-refractivity contribution in [2.45, 2.75) is 6.92 Å². The standard InChI is InChI=1S/C10H14N6/c1-8-14-15-10-9(12-5-3-2-4-11)13-6-7-16(8)10/h2-3,6-7H,4-5,11H2,1H3,(H,12,13)/b3-2+. The van der Waals surface area contributed by atoms with E-state index >= 15 is 0 Å². The van der Waals surface area contributed by atoms with E-state index in [2.05, 4.69) is 20.5 Å². The molecule has 0 fully saturated rings. The minimum atomic E-state index is 0.545. The molecule has 0 spiro atoms. The van der Waals surface area contributed by atoms with Crippen LogP contribution in [0.25, 0.3) is 5.65 Å². The van der Waals surface area contributed by atoms with Crippen LogP contribution >= 0.6 is 0 Å². The molecule has 6 heteroatoms. The summed E-state index contributed by atoms with van der Waals surface area (Å²) >= 11 is 0. The SMILES string of the molecule is Cc1nnc2c(NC/C=C/CN)nccn12. The second kappa shape index (κ2) is 4.71. The van der Waals surface area contributed by atoms with E-state index < -0.39 is 0 Å². The molecule has 0 aliphatic rings. The number of anilines is 1. The summed E-state index contributed by atoms with van der Waals surface area (Å²) in [5.41, 5.74) is 6.08. The predicted molar refractivity (Wildman–Crippen MR) is 62.2 cm³/mol. The number of fused-ring (bicyclic) bond motifs is 1. The topological polar surface area (TPSA) is 81.1 Å². The summed E-state index contributed by atoms with van der Waals surface area (Å²) in [5.74, 6) is 1.57. The van der Waals surface area contributed by atoms with Crippen molar-refractivity contribution in [3.05, 3.63) is 30.4 Å². The molecule has 2 aromatic rings. The Hall–Kier alpha value is -1.95. The monoisotopic (exact) mass is 218 g/mol. The Morgan fingerprint density at radius 1 is 1.44 bits per heavy atom. The van der Waals surface area contributed by atoms with Gasteiger partial charge < -0.3 is 11.1 Å². The van der Waals surface area contributed by atoms with Crippen LogP contribution in [0.15, 0.2) is 24.5 Å². The number of aryl methyl sites for hydroxylation is 1. The second-order valence-corrected chi connectivity index (χ2v) is 3.30. The first-order chi connectivity index (χ1) is 7.83. The molecule has 2 rings (SSSR count). The van der Waals surface area contributed by atoms with Crippen LogP contribution in [0.4, 0.5) is 5.82 Å². The van der Waals surface area contributed by atoms with Crippen molar-refractivity contribution in [3.8, 4) is 0 Å². The van der Waals surface area contributed by atoms with Crippen LogP contribution in [0.1, 0.15) is 5.82 Å². The molecule has 0 saturated carbocycles. The molecule has 84 valence electrons. The fraction of sp³-hybridized carbons (Fsp3) is 0.300. The molecule has 3 N–H and O–H groups in total. The van der Waals surface area contributed by atoms with E-state index in [4.69, 9.17) is 5.73 Å². The maximum atomic E-state index is 5.35. The fourth-order valence-corrected chi connectivity index (χ4v) is 1.40. The minimum absolute atomic E-state index is 0.545. The third-order valence-corrected chi connectivity index (χ3v) is 2.19. The smallest absolute Gasteiger partial charge is 0.203 e. The van der Waals surface area contributed by atoms with Gasteiger partial charge in [-0.2, -0.15) is 0 Å².